The Morgan fingerprint density at radius 1 is 1.62 bits per heavy atom. The Kier molecular flexibility index (Phi) is 2.47. The molecule has 0 saturated carbocycles. The fraction of sp³-hybridized carbons (Fsp3) is 0.500. The maximum atomic E-state index is 11.1. The highest BCUT2D eigenvalue weighted by molar-refractivity contribution is 6.02. The van der Waals surface area contributed by atoms with Crippen molar-refractivity contribution in [3.63, 3.8) is 0 Å². The summed E-state index contributed by atoms with van der Waals surface area (Å²) in [5, 5.41) is 9.21. The van der Waals surface area contributed by atoms with Crippen LogP contribution < -0.4 is 5.43 Å². The van der Waals surface area contributed by atoms with Crippen LogP contribution in [0.4, 0.5) is 4.79 Å². The summed E-state index contributed by atoms with van der Waals surface area (Å²) in [6.45, 7) is -0.914. The summed E-state index contributed by atoms with van der Waals surface area (Å²) in [7, 11) is 1.32. The summed E-state index contributed by atoms with van der Waals surface area (Å²) in [6.07, 6.45) is 0. The molecule has 1 heterocycles. The molecule has 0 aromatic rings. The Labute approximate surface area is 73.9 Å². The minimum absolute atomic E-state index is 0.193. The number of amides is 4. The minimum atomic E-state index is -0.726. The van der Waals surface area contributed by atoms with Crippen LogP contribution >= 0.6 is 0 Å². The summed E-state index contributed by atoms with van der Waals surface area (Å²) in [5.74, 6) is -1.13. The average molecular weight is 187 g/mol. The highest BCUT2D eigenvalue weighted by atomic mass is 16.3. The molecule has 0 aromatic heterocycles. The first-order chi connectivity index (χ1) is 6.06. The van der Waals surface area contributed by atoms with Gasteiger partial charge in [-0.2, -0.15) is 0 Å². The third-order valence-corrected chi connectivity index (χ3v) is 1.59. The Morgan fingerprint density at radius 3 is 2.62 bits per heavy atom. The van der Waals surface area contributed by atoms with Crippen LogP contribution in [0, 0.1) is 0 Å². The number of hydrogen-bond acceptors (Lipinski definition) is 4. The fourth-order valence-corrected chi connectivity index (χ4v) is 0.870. The third-order valence-electron chi connectivity index (χ3n) is 1.59. The van der Waals surface area contributed by atoms with Crippen LogP contribution in [-0.2, 0) is 9.59 Å². The third kappa shape index (κ3) is 1.75. The monoisotopic (exact) mass is 187 g/mol. The van der Waals surface area contributed by atoms with Crippen molar-refractivity contribution in [1.82, 2.24) is 15.3 Å². The van der Waals surface area contributed by atoms with E-state index in [2.05, 4.69) is 5.43 Å². The molecular formula is C6H9N3O4. The van der Waals surface area contributed by atoms with Gasteiger partial charge in [0.05, 0.1) is 0 Å². The largest absolute Gasteiger partial charge is 0.386 e. The lowest BCUT2D eigenvalue weighted by Crippen LogP contribution is -2.45. The second-order valence-electron chi connectivity index (χ2n) is 2.51. The van der Waals surface area contributed by atoms with Crippen molar-refractivity contribution in [2.45, 2.75) is 0 Å². The van der Waals surface area contributed by atoms with Crippen molar-refractivity contribution in [2.75, 3.05) is 20.2 Å². The quantitative estimate of drug-likeness (QED) is 0.485. The number of carbonyl (C=O) groups is 3. The summed E-state index contributed by atoms with van der Waals surface area (Å²) in [4.78, 5) is 33.5. The van der Waals surface area contributed by atoms with Crippen molar-refractivity contribution in [3.05, 3.63) is 0 Å². The van der Waals surface area contributed by atoms with E-state index in [9.17, 15) is 14.4 Å². The molecule has 7 nitrogen and oxygen atoms in total. The topological polar surface area (TPSA) is 90.0 Å². The molecule has 0 radical (unpaired) electrons. The molecule has 1 aliphatic rings. The molecule has 1 fully saturated rings. The van der Waals surface area contributed by atoms with Crippen LogP contribution in [0.25, 0.3) is 0 Å². The SMILES string of the molecule is CN1C(=O)CN(NC(=O)CO)C1=O. The van der Waals surface area contributed by atoms with Gasteiger partial charge in [-0.3, -0.25) is 19.9 Å². The first-order valence-electron chi connectivity index (χ1n) is 3.54. The predicted octanol–water partition coefficient (Wildman–Crippen LogP) is -2.10. The maximum absolute atomic E-state index is 11.1. The number of likely N-dealkylation sites (N-methyl/N-ethyl adjacent to an activating group) is 1. The highest BCUT2D eigenvalue weighted by Gasteiger charge is 2.33. The van der Waals surface area contributed by atoms with Crippen molar-refractivity contribution in [3.8, 4) is 0 Å². The Morgan fingerprint density at radius 2 is 2.23 bits per heavy atom. The van der Waals surface area contributed by atoms with Crippen molar-refractivity contribution in [1.29, 1.82) is 0 Å². The summed E-state index contributed by atoms with van der Waals surface area (Å²) in [6, 6.07) is -0.605. The second-order valence-corrected chi connectivity index (χ2v) is 2.51. The van der Waals surface area contributed by atoms with Gasteiger partial charge >= 0.3 is 6.03 Å². The number of aliphatic hydroxyl groups excluding tert-OH is 1. The highest BCUT2D eigenvalue weighted by Crippen LogP contribution is 2.03. The molecule has 4 amide bonds. The molecule has 0 unspecified atom stereocenters. The number of imide groups is 1. The zero-order valence-electron chi connectivity index (χ0n) is 6.98. The van der Waals surface area contributed by atoms with Crippen LogP contribution in [-0.4, -0.2) is 53.1 Å². The standard InChI is InChI=1S/C6H9N3O4/c1-8-5(12)2-9(6(8)13)7-4(11)3-10/h10H,2-3H2,1H3,(H,7,11). The molecule has 1 rings (SSSR count). The molecule has 0 aliphatic carbocycles. The maximum Gasteiger partial charge on any atom is 0.345 e. The number of nitrogens with one attached hydrogen (secondary N) is 1. The van der Waals surface area contributed by atoms with Crippen LogP contribution in [0.1, 0.15) is 0 Å². The predicted molar refractivity (Wildman–Crippen MR) is 40.1 cm³/mol. The lowest BCUT2D eigenvalue weighted by Gasteiger charge is -2.14. The Balaban J connectivity index is 2.59. The number of hydrogen-bond donors (Lipinski definition) is 2. The number of aliphatic hydroxyl groups is 1. The fourth-order valence-electron chi connectivity index (χ4n) is 0.870. The summed E-state index contributed by atoms with van der Waals surface area (Å²) < 4.78 is 0. The van der Waals surface area contributed by atoms with Gasteiger partial charge in [0.1, 0.15) is 13.2 Å². The Hall–Kier alpha value is -1.63. The average Bonchev–Trinajstić information content (AvgIpc) is 2.34. The second kappa shape index (κ2) is 3.40. The minimum Gasteiger partial charge on any atom is -0.386 e. The van der Waals surface area contributed by atoms with E-state index in [1.807, 2.05) is 0 Å². The normalized spacial score (nSPS) is 16.8. The molecule has 72 valence electrons. The molecule has 0 atom stereocenters. The van der Waals surface area contributed by atoms with Gasteiger partial charge in [0.25, 0.3) is 11.8 Å². The van der Waals surface area contributed by atoms with E-state index in [0.29, 0.717) is 0 Å². The van der Waals surface area contributed by atoms with Gasteiger partial charge < -0.3 is 5.11 Å². The molecule has 0 aromatic carbocycles. The lowest BCUT2D eigenvalue weighted by atomic mass is 10.6. The molecule has 13 heavy (non-hydrogen) atoms. The van der Waals surface area contributed by atoms with E-state index in [0.717, 1.165) is 9.91 Å². The zero-order chi connectivity index (χ0) is 10.0. The molecule has 7 heteroatoms. The number of nitrogens with zero attached hydrogens (tertiary/aromatic N) is 2. The van der Waals surface area contributed by atoms with Crippen LogP contribution in [0.3, 0.4) is 0 Å². The van der Waals surface area contributed by atoms with Crippen LogP contribution in [0.2, 0.25) is 0 Å². The van der Waals surface area contributed by atoms with E-state index < -0.39 is 24.5 Å². The Bertz CT molecular complexity index is 265. The van der Waals surface area contributed by atoms with E-state index in [1.54, 1.807) is 0 Å². The smallest absolute Gasteiger partial charge is 0.345 e. The molecule has 1 saturated heterocycles. The van der Waals surface area contributed by atoms with E-state index >= 15 is 0 Å². The summed E-state index contributed by atoms with van der Waals surface area (Å²) >= 11 is 0. The first kappa shape index (κ1) is 9.46. The van der Waals surface area contributed by atoms with Gasteiger partial charge in [0.2, 0.25) is 0 Å². The first-order valence-corrected chi connectivity index (χ1v) is 3.54. The van der Waals surface area contributed by atoms with Crippen LogP contribution in [0.15, 0.2) is 0 Å². The van der Waals surface area contributed by atoms with Crippen molar-refractivity contribution >= 4 is 17.8 Å². The van der Waals surface area contributed by atoms with E-state index in [1.165, 1.54) is 7.05 Å². The van der Waals surface area contributed by atoms with E-state index in [4.69, 9.17) is 5.11 Å². The van der Waals surface area contributed by atoms with Crippen molar-refractivity contribution in [2.24, 2.45) is 0 Å². The van der Waals surface area contributed by atoms with Crippen molar-refractivity contribution < 1.29 is 19.5 Å². The lowest BCUT2D eigenvalue weighted by molar-refractivity contribution is -0.128. The van der Waals surface area contributed by atoms with Gasteiger partial charge in [-0.05, 0) is 0 Å². The van der Waals surface area contributed by atoms with E-state index in [-0.39, 0.29) is 6.54 Å². The van der Waals surface area contributed by atoms with Gasteiger partial charge in [-0.1, -0.05) is 0 Å². The number of urea groups is 1. The van der Waals surface area contributed by atoms with Gasteiger partial charge in [0, 0.05) is 7.05 Å². The van der Waals surface area contributed by atoms with Crippen LogP contribution in [0.5, 0.6) is 0 Å². The molecule has 1 aliphatic heterocycles. The molecule has 0 spiro atoms. The number of carbonyl (C=O) groups excluding carboxylic acids is 3. The van der Waals surface area contributed by atoms with Gasteiger partial charge in [0.15, 0.2) is 0 Å². The van der Waals surface area contributed by atoms with Gasteiger partial charge in [-0.15, -0.1) is 0 Å². The molecule has 0 bridgehead atoms. The zero-order valence-corrected chi connectivity index (χ0v) is 6.98. The number of hydrazine groups is 1. The molecular weight excluding hydrogens is 178 g/mol. The van der Waals surface area contributed by atoms with Gasteiger partial charge in [-0.25, -0.2) is 9.80 Å². The molecule has 2 N–H and O–H groups in total. The number of rotatable bonds is 2. The summed E-state index contributed by atoms with van der Waals surface area (Å²) in [5.41, 5.74) is 2.07.